The number of rotatable bonds is 13. The molecular weight excluding hydrogens is 394 g/mol. The van der Waals surface area contributed by atoms with Crippen LogP contribution in [-0.4, -0.2) is 39.6 Å². The first-order chi connectivity index (χ1) is 14.2. The molecule has 0 aromatic rings. The Labute approximate surface area is 185 Å². The van der Waals surface area contributed by atoms with E-state index in [1.54, 1.807) is 0 Å². The maximum atomic E-state index is 12.1. The highest BCUT2D eigenvalue weighted by Gasteiger charge is 2.48. The highest BCUT2D eigenvalue weighted by atomic mass is 28.4. The van der Waals surface area contributed by atoms with E-state index < -0.39 is 8.32 Å². The van der Waals surface area contributed by atoms with Gasteiger partial charge in [0.15, 0.2) is 0 Å². The first kappa shape index (κ1) is 25.6. The van der Waals surface area contributed by atoms with Crippen molar-refractivity contribution in [3.63, 3.8) is 0 Å². The first-order valence-corrected chi connectivity index (χ1v) is 14.9. The topological polar surface area (TPSA) is 56.8 Å². The van der Waals surface area contributed by atoms with Gasteiger partial charge in [0.25, 0.3) is 0 Å². The summed E-state index contributed by atoms with van der Waals surface area (Å²) in [5.41, 5.74) is 2.67. The van der Waals surface area contributed by atoms with Gasteiger partial charge in [-0.2, -0.15) is 0 Å². The van der Waals surface area contributed by atoms with Crippen LogP contribution < -0.4 is 5.48 Å². The molecule has 4 atom stereocenters. The van der Waals surface area contributed by atoms with Crippen molar-refractivity contribution in [1.82, 2.24) is 5.48 Å². The van der Waals surface area contributed by atoms with Crippen LogP contribution in [0, 0.1) is 11.8 Å². The molecule has 2 heterocycles. The van der Waals surface area contributed by atoms with E-state index in [-0.39, 0.29) is 10.9 Å². The smallest absolute Gasteiger partial charge is 0.246 e. The van der Waals surface area contributed by atoms with Crippen LogP contribution >= 0.6 is 0 Å². The van der Waals surface area contributed by atoms with Crippen molar-refractivity contribution >= 4 is 14.2 Å². The minimum Gasteiger partial charge on any atom is -0.381 e. The second kappa shape index (κ2) is 11.8. The third kappa shape index (κ3) is 7.47. The molecule has 5 nitrogen and oxygen atoms in total. The third-order valence-corrected chi connectivity index (χ3v) is 11.4. The van der Waals surface area contributed by atoms with E-state index in [1.807, 2.05) is 6.08 Å². The number of amides is 1. The summed E-state index contributed by atoms with van der Waals surface area (Å²) in [7, 11) is -1.97. The Morgan fingerprint density at radius 3 is 2.47 bits per heavy atom. The van der Waals surface area contributed by atoms with E-state index >= 15 is 0 Å². The van der Waals surface area contributed by atoms with Gasteiger partial charge in [0.05, 0.1) is 18.8 Å². The molecule has 0 aromatic carbocycles. The van der Waals surface area contributed by atoms with Crippen molar-refractivity contribution in [3.05, 3.63) is 12.2 Å². The molecule has 2 bridgehead atoms. The molecule has 2 aliphatic heterocycles. The van der Waals surface area contributed by atoms with Crippen LogP contribution in [0.5, 0.6) is 0 Å². The monoisotopic (exact) mass is 439 g/mol. The predicted octanol–water partition coefficient (Wildman–Crippen LogP) is 5.77. The highest BCUT2D eigenvalue weighted by Crippen LogP contribution is 2.45. The molecule has 1 N–H and O–H groups in total. The summed E-state index contributed by atoms with van der Waals surface area (Å²) in [6.07, 6.45) is 13.5. The molecule has 0 aromatic heterocycles. The van der Waals surface area contributed by atoms with Crippen LogP contribution in [-0.2, 0) is 18.8 Å². The molecule has 2 saturated heterocycles. The lowest BCUT2D eigenvalue weighted by Crippen LogP contribution is -2.46. The van der Waals surface area contributed by atoms with Crippen molar-refractivity contribution in [3.8, 4) is 0 Å². The van der Waals surface area contributed by atoms with Crippen LogP contribution in [0.3, 0.4) is 0 Å². The second-order valence-corrected chi connectivity index (χ2v) is 15.3. The van der Waals surface area contributed by atoms with Gasteiger partial charge in [-0.15, -0.1) is 0 Å². The first-order valence-electron chi connectivity index (χ1n) is 12.0. The molecule has 2 rings (SSSR count). The van der Waals surface area contributed by atoms with Crippen LogP contribution in [0.4, 0.5) is 0 Å². The molecular formula is C24H45NO4Si. The van der Waals surface area contributed by atoms with Crippen molar-refractivity contribution < 1.29 is 18.8 Å². The number of hydrogen-bond donors (Lipinski definition) is 1. The van der Waals surface area contributed by atoms with Gasteiger partial charge in [0.2, 0.25) is 14.2 Å². The van der Waals surface area contributed by atoms with Gasteiger partial charge in [0, 0.05) is 18.9 Å². The van der Waals surface area contributed by atoms with E-state index in [4.69, 9.17) is 14.0 Å². The van der Waals surface area contributed by atoms with E-state index in [0.717, 1.165) is 32.5 Å². The van der Waals surface area contributed by atoms with Crippen molar-refractivity contribution in [2.45, 2.75) is 109 Å². The van der Waals surface area contributed by atoms with Crippen LogP contribution in [0.2, 0.25) is 18.1 Å². The SMILES string of the molecule is CCCCCCOC[C@@H]1[C@H](C/C=C\CC(=O)NO[Si](C)(C)C(C)(C)C)[C@@H]2CC[C@H]1O2. The zero-order valence-corrected chi connectivity index (χ0v) is 21.2. The number of nitrogens with one attached hydrogen (secondary N) is 1. The van der Waals surface area contributed by atoms with Gasteiger partial charge < -0.3 is 14.0 Å². The number of unbranched alkanes of at least 4 members (excludes halogenated alkanes) is 3. The van der Waals surface area contributed by atoms with Crippen LogP contribution in [0.1, 0.15) is 79.1 Å². The summed E-state index contributed by atoms with van der Waals surface area (Å²) >= 11 is 0. The Hall–Kier alpha value is -0.693. The zero-order valence-electron chi connectivity index (χ0n) is 20.2. The summed E-state index contributed by atoms with van der Waals surface area (Å²) in [5.74, 6) is 0.935. The Kier molecular flexibility index (Phi) is 10.0. The molecule has 30 heavy (non-hydrogen) atoms. The molecule has 2 aliphatic rings. The summed E-state index contributed by atoms with van der Waals surface area (Å²) in [6.45, 7) is 14.7. The number of carbonyl (C=O) groups excluding carboxylic acids is 1. The maximum Gasteiger partial charge on any atom is 0.246 e. The lowest BCUT2D eigenvalue weighted by Gasteiger charge is -2.35. The minimum atomic E-state index is -1.97. The molecule has 0 aliphatic carbocycles. The van der Waals surface area contributed by atoms with E-state index in [9.17, 15) is 4.79 Å². The number of allylic oxidation sites excluding steroid dienone is 1. The van der Waals surface area contributed by atoms with Crippen molar-refractivity contribution in [2.24, 2.45) is 11.8 Å². The quantitative estimate of drug-likeness (QED) is 0.171. The number of ether oxygens (including phenoxy) is 2. The number of hydroxylamine groups is 1. The minimum absolute atomic E-state index is 0.0744. The van der Waals surface area contributed by atoms with Gasteiger partial charge >= 0.3 is 0 Å². The fourth-order valence-electron chi connectivity index (χ4n) is 4.10. The molecule has 0 unspecified atom stereocenters. The molecule has 0 saturated carbocycles. The highest BCUT2D eigenvalue weighted by molar-refractivity contribution is 6.74. The van der Waals surface area contributed by atoms with Gasteiger partial charge in [-0.25, -0.2) is 5.48 Å². The third-order valence-electron chi connectivity index (χ3n) is 7.15. The predicted molar refractivity (Wildman–Crippen MR) is 125 cm³/mol. The molecule has 0 radical (unpaired) electrons. The molecule has 174 valence electrons. The largest absolute Gasteiger partial charge is 0.381 e. The van der Waals surface area contributed by atoms with E-state index in [1.165, 1.54) is 25.7 Å². The average molecular weight is 440 g/mol. The van der Waals surface area contributed by atoms with Crippen molar-refractivity contribution in [1.29, 1.82) is 0 Å². The molecule has 6 heteroatoms. The maximum absolute atomic E-state index is 12.1. The normalized spacial score (nSPS) is 26.6. The Bertz CT molecular complexity index is 558. The number of carbonyl (C=O) groups is 1. The molecule has 2 fully saturated rings. The average Bonchev–Trinajstić information content (AvgIpc) is 3.27. The van der Waals surface area contributed by atoms with E-state index in [0.29, 0.717) is 30.5 Å². The zero-order chi connectivity index (χ0) is 22.2. The Morgan fingerprint density at radius 2 is 1.80 bits per heavy atom. The van der Waals surface area contributed by atoms with Crippen molar-refractivity contribution in [2.75, 3.05) is 13.2 Å². The second-order valence-electron chi connectivity index (χ2n) is 10.6. The fraction of sp³-hybridized carbons (Fsp3) is 0.875. The summed E-state index contributed by atoms with van der Waals surface area (Å²) in [5, 5.41) is 0.0744. The number of fused-ring (bicyclic) bond motifs is 2. The molecule has 0 spiro atoms. The fourth-order valence-corrected chi connectivity index (χ4v) is 4.78. The van der Waals surface area contributed by atoms with Gasteiger partial charge in [-0.1, -0.05) is 59.1 Å². The van der Waals surface area contributed by atoms with Crippen LogP contribution in [0.15, 0.2) is 12.2 Å². The van der Waals surface area contributed by atoms with Gasteiger partial charge in [-0.3, -0.25) is 4.79 Å². The van der Waals surface area contributed by atoms with Gasteiger partial charge in [-0.05, 0) is 49.7 Å². The standard InChI is InChI=1S/C24H45NO4Si/c1-7-8-9-12-17-27-18-20-19(21-15-16-22(20)28-21)13-10-11-14-23(26)25-29-30(5,6)24(2,3)4/h10-11,19-22H,7-9,12-18H2,1-6H3,(H,25,26)/b11-10-/t19-,20+,21-,22+/m0/s1. The Morgan fingerprint density at radius 1 is 1.10 bits per heavy atom. The van der Waals surface area contributed by atoms with Crippen LogP contribution in [0.25, 0.3) is 0 Å². The lowest BCUT2D eigenvalue weighted by atomic mass is 9.78. The van der Waals surface area contributed by atoms with Gasteiger partial charge in [0.1, 0.15) is 0 Å². The summed E-state index contributed by atoms with van der Waals surface area (Å²) in [4.78, 5) is 12.1. The summed E-state index contributed by atoms with van der Waals surface area (Å²) < 4.78 is 18.0. The summed E-state index contributed by atoms with van der Waals surface area (Å²) in [6, 6.07) is 0. The van der Waals surface area contributed by atoms with E-state index in [2.05, 4.69) is 52.3 Å². The lowest BCUT2D eigenvalue weighted by molar-refractivity contribution is -0.127. The number of hydrogen-bond acceptors (Lipinski definition) is 4. The Balaban J connectivity index is 1.70. The molecule has 1 amide bonds.